The van der Waals surface area contributed by atoms with Crippen LogP contribution in [0.5, 0.6) is 5.75 Å². The number of carboxylic acid groups (broad SMARTS) is 1. The van der Waals surface area contributed by atoms with Crippen LogP contribution < -0.4 is 20.7 Å². The molecule has 0 spiro atoms. The number of nitrogens with one attached hydrogen (secondary N) is 3. The lowest BCUT2D eigenvalue weighted by Gasteiger charge is -2.26. The van der Waals surface area contributed by atoms with E-state index in [1.165, 1.54) is 7.11 Å². The van der Waals surface area contributed by atoms with E-state index >= 15 is 0 Å². The number of rotatable bonds is 38. The Balaban J connectivity index is 1.60. The van der Waals surface area contributed by atoms with Gasteiger partial charge in [0.1, 0.15) is 25.6 Å². The second kappa shape index (κ2) is 35.0. The average molecular weight is 1080 g/mol. The highest BCUT2D eigenvalue weighted by atomic mass is 16.5. The minimum atomic E-state index is -1.44. The van der Waals surface area contributed by atoms with Crippen molar-refractivity contribution < 1.29 is 71.9 Å². The molecule has 4 aromatic carbocycles. The molecule has 0 bridgehead atoms. The Morgan fingerprint density at radius 2 is 1.03 bits per heavy atom. The maximum absolute atomic E-state index is 14.7. The Morgan fingerprint density at radius 3 is 1.56 bits per heavy atom. The van der Waals surface area contributed by atoms with Crippen molar-refractivity contribution in [1.82, 2.24) is 16.0 Å². The number of carboxylic acids is 1. The van der Waals surface area contributed by atoms with E-state index in [1.54, 1.807) is 72.8 Å². The van der Waals surface area contributed by atoms with Crippen LogP contribution >= 0.6 is 0 Å². The van der Waals surface area contributed by atoms with Crippen LogP contribution in [-0.2, 0) is 88.3 Å². The van der Waals surface area contributed by atoms with Gasteiger partial charge in [0, 0.05) is 64.6 Å². The van der Waals surface area contributed by atoms with Crippen LogP contribution in [-0.4, -0.2) is 103 Å². The summed E-state index contributed by atoms with van der Waals surface area (Å²) in [7, 11) is 1.53. The van der Waals surface area contributed by atoms with E-state index in [4.69, 9.17) is 23.7 Å². The average Bonchev–Trinajstić information content (AvgIpc) is 3.42. The molecule has 3 amide bonds. The number of ether oxygens (including phenoxy) is 5. The van der Waals surface area contributed by atoms with Gasteiger partial charge in [0.25, 0.3) is 0 Å². The van der Waals surface area contributed by atoms with Gasteiger partial charge in [-0.05, 0) is 72.4 Å². The van der Waals surface area contributed by atoms with Gasteiger partial charge >= 0.3 is 17.9 Å². The molecule has 0 unspecified atom stereocenters. The number of benzene rings is 4. The molecule has 0 radical (unpaired) electrons. The van der Waals surface area contributed by atoms with Crippen LogP contribution in [0.15, 0.2) is 115 Å². The molecule has 0 saturated heterocycles. The number of hydrogen-bond donors (Lipinski definition) is 4. The van der Waals surface area contributed by atoms with Gasteiger partial charge in [-0.25, -0.2) is 0 Å². The number of esters is 2. The monoisotopic (exact) mass is 1080 g/mol. The van der Waals surface area contributed by atoms with E-state index < -0.39 is 102 Å². The normalized spacial score (nSPS) is 12.9. The molecule has 18 heteroatoms. The zero-order valence-electron chi connectivity index (χ0n) is 45.1. The van der Waals surface area contributed by atoms with Crippen molar-refractivity contribution >= 4 is 53.0 Å². The molecular formula is C60H75N3O15. The summed E-state index contributed by atoms with van der Waals surface area (Å²) in [5.74, 6) is -8.47. The lowest BCUT2D eigenvalue weighted by Crippen LogP contribution is -2.48. The summed E-state index contributed by atoms with van der Waals surface area (Å²) >= 11 is 0. The first kappa shape index (κ1) is 63.0. The molecular weight excluding hydrogens is 1000 g/mol. The van der Waals surface area contributed by atoms with Gasteiger partial charge in [-0.1, -0.05) is 117 Å². The third kappa shape index (κ3) is 25.1. The van der Waals surface area contributed by atoms with Gasteiger partial charge in [-0.3, -0.25) is 43.2 Å². The van der Waals surface area contributed by atoms with Gasteiger partial charge in [0.2, 0.25) is 17.7 Å². The molecule has 420 valence electrons. The lowest BCUT2D eigenvalue weighted by atomic mass is 9.88. The van der Waals surface area contributed by atoms with Crippen LogP contribution in [0.25, 0.3) is 0 Å². The number of amides is 3. The summed E-state index contributed by atoms with van der Waals surface area (Å²) in [6, 6.07) is 30.5. The van der Waals surface area contributed by atoms with Gasteiger partial charge in [-0.15, -0.1) is 0 Å². The zero-order chi connectivity index (χ0) is 56.7. The van der Waals surface area contributed by atoms with Crippen molar-refractivity contribution in [3.8, 4) is 5.75 Å². The van der Waals surface area contributed by atoms with Crippen molar-refractivity contribution in [1.29, 1.82) is 0 Å². The van der Waals surface area contributed by atoms with E-state index in [0.29, 0.717) is 37.6 Å². The first-order valence-corrected chi connectivity index (χ1v) is 26.4. The largest absolute Gasteiger partial charge is 0.489 e. The van der Waals surface area contributed by atoms with E-state index in [9.17, 15) is 48.3 Å². The Hall–Kier alpha value is -7.57. The molecule has 0 aromatic heterocycles. The van der Waals surface area contributed by atoms with Gasteiger partial charge < -0.3 is 44.7 Å². The highest BCUT2D eigenvalue weighted by molar-refractivity contribution is 5.97. The van der Waals surface area contributed by atoms with E-state index in [2.05, 4.69) is 16.0 Å². The number of hydrogen-bond acceptors (Lipinski definition) is 14. The lowest BCUT2D eigenvalue weighted by molar-refractivity contribution is -0.147. The smallest absolute Gasteiger partial charge is 0.306 e. The number of Topliss-reactive ketones (excluding diaryl/α,β-unsaturated/α-hetero) is 3. The van der Waals surface area contributed by atoms with E-state index in [-0.39, 0.29) is 70.7 Å². The van der Waals surface area contributed by atoms with Gasteiger partial charge in [-0.2, -0.15) is 0 Å². The summed E-state index contributed by atoms with van der Waals surface area (Å²) in [4.78, 5) is 121. The fourth-order valence-electron chi connectivity index (χ4n) is 8.34. The maximum atomic E-state index is 14.7. The minimum Gasteiger partial charge on any atom is -0.489 e. The molecule has 4 rings (SSSR count). The first-order valence-electron chi connectivity index (χ1n) is 26.4. The first-order chi connectivity index (χ1) is 37.5. The van der Waals surface area contributed by atoms with E-state index in [0.717, 1.165) is 23.6 Å². The van der Waals surface area contributed by atoms with Crippen LogP contribution in [0.2, 0.25) is 0 Å². The Kier molecular flexibility index (Phi) is 28.2. The minimum absolute atomic E-state index is 0.000431. The summed E-state index contributed by atoms with van der Waals surface area (Å²) < 4.78 is 27.5. The number of ketones is 3. The summed E-state index contributed by atoms with van der Waals surface area (Å²) in [5, 5.41) is 17.6. The van der Waals surface area contributed by atoms with Crippen molar-refractivity contribution in [2.24, 2.45) is 17.8 Å². The van der Waals surface area contributed by atoms with Crippen molar-refractivity contribution in [3.63, 3.8) is 0 Å². The highest BCUT2D eigenvalue weighted by Gasteiger charge is 2.34. The second-order valence-electron chi connectivity index (χ2n) is 19.5. The molecule has 0 aliphatic rings. The third-order valence-electron chi connectivity index (χ3n) is 12.5. The van der Waals surface area contributed by atoms with E-state index in [1.807, 2.05) is 56.3 Å². The van der Waals surface area contributed by atoms with Gasteiger partial charge in [0.15, 0.2) is 17.3 Å². The molecule has 78 heavy (non-hydrogen) atoms. The quantitative estimate of drug-likeness (QED) is 0.0260. The predicted octanol–water partition coefficient (Wildman–Crippen LogP) is 7.01. The molecule has 5 atom stereocenters. The molecule has 0 aliphatic carbocycles. The zero-order valence-corrected chi connectivity index (χ0v) is 45.1. The molecule has 4 N–H and O–H groups in total. The molecule has 4 aromatic rings. The number of methoxy groups -OCH3 is 1. The topological polar surface area (TPSA) is 256 Å². The Morgan fingerprint density at radius 1 is 0.513 bits per heavy atom. The molecule has 0 aliphatic heterocycles. The summed E-state index contributed by atoms with van der Waals surface area (Å²) in [5.41, 5.74) is 3.05. The van der Waals surface area contributed by atoms with Crippen LogP contribution in [0.1, 0.15) is 107 Å². The second-order valence-corrected chi connectivity index (χ2v) is 19.5. The number of carbonyl (C=O) groups is 9. The molecule has 18 nitrogen and oxygen atoms in total. The number of carbonyl (C=O) groups excluding carboxylic acids is 8. The highest BCUT2D eigenvalue weighted by Crippen LogP contribution is 2.23. The standard InChI is InChI=1S/C60H75N3O15/c1-41(2)33-51(63-60(73)48(36-55(67)52(37-56(68)69)61-42(3)64)34-43-22-25-49(26-23-43)76-38-44-15-8-5-9-16-44)54(66)35-47(24-28-57(70)77-39-45-17-10-6-11-18-45)59(72)62-50(53(65)21-14-30-75-32-31-74-4)27-29-58(71)78-40-46-19-12-7-13-20-46/h5-13,15-20,22-23,25-26,41,47-48,50-52H,14,21,24,27-40H2,1-4H3,(H,61,64)(H,62,72)(H,63,73)(H,68,69)/t47-,48-,50-,51-,52+/m1/s1. The van der Waals surface area contributed by atoms with Gasteiger partial charge in [0.05, 0.1) is 37.8 Å². The van der Waals surface area contributed by atoms with Crippen LogP contribution in [0, 0.1) is 17.8 Å². The van der Waals surface area contributed by atoms with Crippen molar-refractivity contribution in [2.45, 2.75) is 129 Å². The summed E-state index contributed by atoms with van der Waals surface area (Å²) in [6.45, 7) is 5.95. The fraction of sp³-hybridized carbons (Fsp3) is 0.450. The Bertz CT molecular complexity index is 2510. The van der Waals surface area contributed by atoms with Crippen molar-refractivity contribution in [2.75, 3.05) is 26.9 Å². The van der Waals surface area contributed by atoms with Crippen LogP contribution in [0.3, 0.4) is 0 Å². The maximum Gasteiger partial charge on any atom is 0.306 e. The number of aliphatic carboxylic acids is 1. The predicted molar refractivity (Wildman–Crippen MR) is 288 cm³/mol. The molecule has 0 fully saturated rings. The Labute approximate surface area is 456 Å². The third-order valence-corrected chi connectivity index (χ3v) is 12.5. The fourth-order valence-corrected chi connectivity index (χ4v) is 8.34. The van der Waals surface area contributed by atoms with Crippen molar-refractivity contribution in [3.05, 3.63) is 138 Å². The summed E-state index contributed by atoms with van der Waals surface area (Å²) in [6.07, 6.45) is -2.26. The molecule has 0 heterocycles. The van der Waals surface area contributed by atoms with Crippen LogP contribution in [0.4, 0.5) is 0 Å². The SMILES string of the molecule is COCCOCCCC(=O)[C@@H](CCC(=O)OCc1ccccc1)NC(=O)[C@H](CCC(=O)OCc1ccccc1)CC(=O)[C@@H](CC(C)C)NC(=O)[C@@H](CC(=O)[C@H](CC(=O)O)NC(C)=O)Cc1ccc(OCc2ccccc2)cc1. The molecule has 0 saturated carbocycles.